The van der Waals surface area contributed by atoms with Crippen LogP contribution in [-0.4, -0.2) is 3.79 Å². The van der Waals surface area contributed by atoms with Crippen molar-refractivity contribution in [1.29, 1.82) is 0 Å². The Labute approximate surface area is 101 Å². The summed E-state index contributed by atoms with van der Waals surface area (Å²) in [6.07, 6.45) is 2.48. The van der Waals surface area contributed by atoms with Gasteiger partial charge in [-0.25, -0.2) is 0 Å². The number of hydrogen-bond acceptors (Lipinski definition) is 0. The van der Waals surface area contributed by atoms with Crippen LogP contribution in [0.25, 0.3) is 0 Å². The van der Waals surface area contributed by atoms with Gasteiger partial charge in [0.2, 0.25) is 3.79 Å². The minimum absolute atomic E-state index is 0.324. The highest BCUT2D eigenvalue weighted by Crippen LogP contribution is 2.09. The van der Waals surface area contributed by atoms with Gasteiger partial charge in [-0.05, 0) is 17.2 Å². The second kappa shape index (κ2) is 5.59. The Morgan fingerprint density at radius 1 is 1.25 bits per heavy atom. The first-order valence-corrected chi connectivity index (χ1v) is 11.7. The molecule has 1 aromatic carbocycles. The van der Waals surface area contributed by atoms with Crippen molar-refractivity contribution in [3.63, 3.8) is 0 Å². The zero-order chi connectivity index (χ0) is 8.97. The maximum atomic E-state index is 2.56. The molecule has 0 unspecified atom stereocenters. The molecule has 0 aromatic heterocycles. The average Bonchev–Trinajstić information content (AvgIpc) is 2.05. The summed E-state index contributed by atoms with van der Waals surface area (Å²) in [6.45, 7) is 2.24. The Bertz CT molecular complexity index is 248. The summed E-state index contributed by atoms with van der Waals surface area (Å²) in [5.41, 5.74) is 1.55. The van der Waals surface area contributed by atoms with Crippen LogP contribution >= 0.6 is 43.6 Å². The van der Waals surface area contributed by atoms with Crippen molar-refractivity contribution < 1.29 is 0 Å². The molecule has 0 fully saturated rings. The fourth-order valence-electron chi connectivity index (χ4n) is 1.19. The average molecular weight is 401 g/mol. The second-order valence-electron chi connectivity index (χ2n) is 2.67. The van der Waals surface area contributed by atoms with Gasteiger partial charge in [-0.15, -0.1) is 0 Å². The van der Waals surface area contributed by atoms with Crippen LogP contribution in [0.4, 0.5) is 0 Å². The van der Waals surface area contributed by atoms with E-state index in [9.17, 15) is 0 Å². The van der Waals surface area contributed by atoms with Crippen molar-refractivity contribution in [2.24, 2.45) is 0 Å². The summed E-state index contributed by atoms with van der Waals surface area (Å²) in [5.74, 6) is 0. The molecule has 0 spiro atoms. The lowest BCUT2D eigenvalue weighted by molar-refractivity contribution is 0.927. The Morgan fingerprint density at radius 3 is 2.50 bits per heavy atom. The minimum atomic E-state index is -0.324. The van der Waals surface area contributed by atoms with E-state index in [0.717, 1.165) is 0 Å². The molecule has 0 aliphatic carbocycles. The van der Waals surface area contributed by atoms with E-state index in [4.69, 9.17) is 0 Å². The monoisotopic (exact) mass is 401 g/mol. The third-order valence-corrected chi connectivity index (χ3v) is 6.12. The molecule has 0 atom stereocenters. The number of hydrogen-bond donors (Lipinski definition) is 0. The lowest BCUT2D eigenvalue weighted by atomic mass is 10.1. The molecular weight excluding hydrogens is 390 g/mol. The van der Waals surface area contributed by atoms with Crippen LogP contribution in [-0.2, 0) is 6.42 Å². The Kier molecular flexibility index (Phi) is 5.11. The van der Waals surface area contributed by atoms with Crippen LogP contribution in [0.1, 0.15) is 18.9 Å². The molecule has 0 bridgehead atoms. The summed E-state index contributed by atoms with van der Waals surface area (Å²) >= 11 is 5.12. The molecule has 1 radical (unpaired) electrons. The van der Waals surface area contributed by atoms with Gasteiger partial charge in [0.25, 0.3) is 0 Å². The topological polar surface area (TPSA) is 0 Å². The molecular formula is C9H11I2Si. The summed E-state index contributed by atoms with van der Waals surface area (Å²) in [7, 11) is 0. The van der Waals surface area contributed by atoms with E-state index in [0.29, 0.717) is 0 Å². The van der Waals surface area contributed by atoms with Crippen LogP contribution in [0.15, 0.2) is 24.3 Å². The van der Waals surface area contributed by atoms with Crippen molar-refractivity contribution in [1.82, 2.24) is 0 Å². The molecule has 0 aliphatic heterocycles. The van der Waals surface area contributed by atoms with Crippen molar-refractivity contribution in [3.05, 3.63) is 29.8 Å². The van der Waals surface area contributed by atoms with Crippen LogP contribution in [0.2, 0.25) is 0 Å². The predicted molar refractivity (Wildman–Crippen MR) is 73.9 cm³/mol. The Morgan fingerprint density at radius 2 is 1.92 bits per heavy atom. The summed E-state index contributed by atoms with van der Waals surface area (Å²) < 4.78 is -0.324. The van der Waals surface area contributed by atoms with E-state index in [1.807, 2.05) is 0 Å². The van der Waals surface area contributed by atoms with Crippen LogP contribution < -0.4 is 5.19 Å². The van der Waals surface area contributed by atoms with E-state index in [2.05, 4.69) is 74.8 Å². The number of halogens is 2. The molecule has 0 aliphatic rings. The largest absolute Gasteiger partial charge is 0.238 e. The number of benzene rings is 1. The standard InChI is InChI=1S/C9H11I2Si/c1-2-5-8-6-3-4-7-9(8)12(10)11/h3-4,6-7H,2,5H2,1H3. The van der Waals surface area contributed by atoms with Gasteiger partial charge in [0.05, 0.1) is 0 Å². The van der Waals surface area contributed by atoms with Gasteiger partial charge in [0.1, 0.15) is 0 Å². The Hall–Kier alpha value is 0.897. The van der Waals surface area contributed by atoms with Gasteiger partial charge >= 0.3 is 0 Å². The van der Waals surface area contributed by atoms with Gasteiger partial charge in [-0.2, -0.15) is 0 Å². The third-order valence-electron chi connectivity index (χ3n) is 1.74. The molecule has 0 saturated carbocycles. The van der Waals surface area contributed by atoms with Crippen molar-refractivity contribution in [2.75, 3.05) is 0 Å². The molecule has 0 N–H and O–H groups in total. The van der Waals surface area contributed by atoms with E-state index >= 15 is 0 Å². The molecule has 0 heterocycles. The quantitative estimate of drug-likeness (QED) is 0.415. The maximum absolute atomic E-state index is 2.56. The lowest BCUT2D eigenvalue weighted by Crippen LogP contribution is -2.21. The van der Waals surface area contributed by atoms with Gasteiger partial charge < -0.3 is 0 Å². The van der Waals surface area contributed by atoms with E-state index in [1.54, 1.807) is 10.8 Å². The molecule has 12 heavy (non-hydrogen) atoms. The van der Waals surface area contributed by atoms with E-state index in [1.165, 1.54) is 12.8 Å². The molecule has 0 amide bonds. The van der Waals surface area contributed by atoms with Gasteiger partial charge in [0, 0.05) is 0 Å². The second-order valence-corrected chi connectivity index (χ2v) is 16.4. The molecule has 0 nitrogen and oxygen atoms in total. The smallest absolute Gasteiger partial charge is 0.0997 e. The van der Waals surface area contributed by atoms with Crippen LogP contribution in [0, 0.1) is 0 Å². The molecule has 1 rings (SSSR count). The zero-order valence-electron chi connectivity index (χ0n) is 6.98. The van der Waals surface area contributed by atoms with E-state index in [-0.39, 0.29) is 3.79 Å². The van der Waals surface area contributed by atoms with Gasteiger partial charge in [-0.1, -0.05) is 81.2 Å². The van der Waals surface area contributed by atoms with Crippen molar-refractivity contribution in [2.45, 2.75) is 19.8 Å². The highest BCUT2D eigenvalue weighted by atomic mass is 127. The first-order chi connectivity index (χ1) is 5.75. The summed E-state index contributed by atoms with van der Waals surface area (Å²) in [5, 5.41) is 1.59. The van der Waals surface area contributed by atoms with Crippen LogP contribution in [0.5, 0.6) is 0 Å². The van der Waals surface area contributed by atoms with Crippen molar-refractivity contribution in [3.8, 4) is 0 Å². The minimum Gasteiger partial charge on any atom is -0.0997 e. The lowest BCUT2D eigenvalue weighted by Gasteiger charge is -2.07. The first-order valence-electron chi connectivity index (χ1n) is 4.02. The van der Waals surface area contributed by atoms with Gasteiger partial charge in [-0.3, -0.25) is 0 Å². The van der Waals surface area contributed by atoms with E-state index < -0.39 is 0 Å². The predicted octanol–water partition coefficient (Wildman–Crippen LogP) is 3.20. The summed E-state index contributed by atoms with van der Waals surface area (Å²) in [4.78, 5) is 0. The van der Waals surface area contributed by atoms with Crippen molar-refractivity contribution >= 4 is 52.6 Å². The summed E-state index contributed by atoms with van der Waals surface area (Å²) in [6, 6.07) is 8.84. The van der Waals surface area contributed by atoms with Gasteiger partial charge in [0.15, 0.2) is 0 Å². The fourth-order valence-corrected chi connectivity index (χ4v) is 5.02. The highest BCUT2D eigenvalue weighted by molar-refractivity contribution is 14.3. The molecule has 0 saturated heterocycles. The third kappa shape index (κ3) is 2.99. The molecule has 3 heteroatoms. The number of rotatable bonds is 3. The zero-order valence-corrected chi connectivity index (χ0v) is 12.3. The van der Waals surface area contributed by atoms with Crippen LogP contribution in [0.3, 0.4) is 0 Å². The fraction of sp³-hybridized carbons (Fsp3) is 0.333. The maximum Gasteiger partial charge on any atom is 0.238 e. The Balaban J connectivity index is 2.92. The number of aryl methyl sites for hydroxylation is 1. The first kappa shape index (κ1) is 11.0. The molecule has 1 aromatic rings. The normalized spacial score (nSPS) is 10.7. The molecule has 65 valence electrons. The SMILES string of the molecule is CCCc1ccccc1[Si](I)I. The highest BCUT2D eigenvalue weighted by Gasteiger charge is 2.09.